The molecular weight excluding hydrogens is 282 g/mol. The van der Waals surface area contributed by atoms with E-state index in [0.29, 0.717) is 31.1 Å². The van der Waals surface area contributed by atoms with Crippen LogP contribution in [0.15, 0.2) is 28.7 Å². The quantitative estimate of drug-likeness (QED) is 0.943. The molecule has 0 saturated heterocycles. The minimum atomic E-state index is -0.105. The summed E-state index contributed by atoms with van der Waals surface area (Å²) in [6.07, 6.45) is 0.734. The summed E-state index contributed by atoms with van der Waals surface area (Å²) >= 11 is 0. The largest absolute Gasteiger partial charge is 0.486 e. The van der Waals surface area contributed by atoms with Gasteiger partial charge in [0.1, 0.15) is 24.7 Å². The van der Waals surface area contributed by atoms with E-state index in [-0.39, 0.29) is 5.91 Å². The second-order valence-corrected chi connectivity index (χ2v) is 5.31. The van der Waals surface area contributed by atoms with E-state index in [4.69, 9.17) is 13.9 Å². The van der Waals surface area contributed by atoms with Gasteiger partial charge in [0.15, 0.2) is 11.5 Å². The molecule has 1 amide bonds. The Hall–Kier alpha value is -2.43. The van der Waals surface area contributed by atoms with Crippen molar-refractivity contribution < 1.29 is 18.7 Å². The molecular formula is C17H19NO4. The summed E-state index contributed by atoms with van der Waals surface area (Å²) in [4.78, 5) is 12.1. The van der Waals surface area contributed by atoms with Gasteiger partial charge in [0.25, 0.3) is 5.91 Å². The van der Waals surface area contributed by atoms with Gasteiger partial charge >= 0.3 is 0 Å². The zero-order valence-electron chi connectivity index (χ0n) is 12.8. The second-order valence-electron chi connectivity index (χ2n) is 5.31. The van der Waals surface area contributed by atoms with Crippen LogP contribution < -0.4 is 14.8 Å². The smallest absolute Gasteiger partial charge is 0.254 e. The number of furan rings is 1. The third kappa shape index (κ3) is 3.08. The summed E-state index contributed by atoms with van der Waals surface area (Å²) in [5, 5.41) is 2.91. The summed E-state index contributed by atoms with van der Waals surface area (Å²) in [5.74, 6) is 2.84. The highest BCUT2D eigenvalue weighted by Gasteiger charge is 2.14. The van der Waals surface area contributed by atoms with Gasteiger partial charge in [-0.2, -0.15) is 0 Å². The number of nitrogens with one attached hydrogen (secondary N) is 1. The van der Waals surface area contributed by atoms with Crippen LogP contribution in [0.3, 0.4) is 0 Å². The molecule has 0 bridgehead atoms. The van der Waals surface area contributed by atoms with E-state index < -0.39 is 0 Å². The predicted octanol–water partition coefficient (Wildman–Crippen LogP) is 2.64. The first-order valence-corrected chi connectivity index (χ1v) is 7.37. The Balaban J connectivity index is 1.57. The van der Waals surface area contributed by atoms with Crippen LogP contribution in [0.5, 0.6) is 11.5 Å². The summed E-state index contributed by atoms with van der Waals surface area (Å²) in [6.45, 7) is 5.35. The fraction of sp³-hybridized carbons (Fsp3) is 0.353. The molecule has 0 atom stereocenters. The molecule has 2 heterocycles. The molecule has 3 rings (SSSR count). The minimum absolute atomic E-state index is 0.105. The Morgan fingerprint density at radius 2 is 1.91 bits per heavy atom. The van der Waals surface area contributed by atoms with Crippen LogP contribution in [0.4, 0.5) is 0 Å². The van der Waals surface area contributed by atoms with Crippen molar-refractivity contribution in [3.63, 3.8) is 0 Å². The Labute approximate surface area is 129 Å². The third-order valence-electron chi connectivity index (χ3n) is 3.59. The number of carbonyl (C=O) groups is 1. The van der Waals surface area contributed by atoms with Crippen LogP contribution in [0.2, 0.25) is 0 Å². The molecule has 0 aliphatic carbocycles. The Morgan fingerprint density at radius 3 is 2.64 bits per heavy atom. The van der Waals surface area contributed by atoms with Gasteiger partial charge in [-0.1, -0.05) is 6.07 Å². The molecule has 1 aliphatic heterocycles. The van der Waals surface area contributed by atoms with Crippen molar-refractivity contribution in [3.8, 4) is 11.5 Å². The summed E-state index contributed by atoms with van der Waals surface area (Å²) in [6, 6.07) is 7.63. The van der Waals surface area contributed by atoms with Crippen LogP contribution >= 0.6 is 0 Å². The van der Waals surface area contributed by atoms with E-state index in [1.165, 1.54) is 0 Å². The lowest BCUT2D eigenvalue weighted by Crippen LogP contribution is -2.26. The Bertz CT molecular complexity index is 690. The fourth-order valence-corrected chi connectivity index (χ4v) is 2.52. The molecule has 0 fully saturated rings. The van der Waals surface area contributed by atoms with E-state index in [9.17, 15) is 4.79 Å². The van der Waals surface area contributed by atoms with Gasteiger partial charge in [-0.05, 0) is 44.0 Å². The van der Waals surface area contributed by atoms with Crippen molar-refractivity contribution >= 4 is 5.91 Å². The Kier molecular flexibility index (Phi) is 4.04. The average molecular weight is 301 g/mol. The van der Waals surface area contributed by atoms with Crippen LogP contribution in [-0.2, 0) is 6.42 Å². The number of benzene rings is 1. The van der Waals surface area contributed by atoms with E-state index >= 15 is 0 Å². The molecule has 1 aliphatic rings. The van der Waals surface area contributed by atoms with Crippen molar-refractivity contribution in [1.29, 1.82) is 0 Å². The van der Waals surface area contributed by atoms with Crippen LogP contribution in [0.1, 0.15) is 27.4 Å². The first kappa shape index (κ1) is 14.5. The fourth-order valence-electron chi connectivity index (χ4n) is 2.52. The topological polar surface area (TPSA) is 60.7 Å². The van der Waals surface area contributed by atoms with Crippen LogP contribution in [-0.4, -0.2) is 25.7 Å². The number of ether oxygens (including phenoxy) is 2. The molecule has 1 N–H and O–H groups in total. The zero-order chi connectivity index (χ0) is 15.5. The van der Waals surface area contributed by atoms with Gasteiger partial charge in [-0.15, -0.1) is 0 Å². The van der Waals surface area contributed by atoms with Gasteiger partial charge in [0.05, 0.1) is 5.56 Å². The molecule has 22 heavy (non-hydrogen) atoms. The molecule has 5 nitrogen and oxygen atoms in total. The van der Waals surface area contributed by atoms with Gasteiger partial charge in [-0.25, -0.2) is 0 Å². The zero-order valence-corrected chi connectivity index (χ0v) is 12.8. The molecule has 0 radical (unpaired) electrons. The molecule has 2 aromatic rings. The van der Waals surface area contributed by atoms with Crippen molar-refractivity contribution in [2.75, 3.05) is 19.8 Å². The van der Waals surface area contributed by atoms with Crippen molar-refractivity contribution in [2.24, 2.45) is 0 Å². The lowest BCUT2D eigenvalue weighted by molar-refractivity contribution is 0.0952. The van der Waals surface area contributed by atoms with Gasteiger partial charge < -0.3 is 19.2 Å². The number of hydrogen-bond acceptors (Lipinski definition) is 4. The van der Waals surface area contributed by atoms with Gasteiger partial charge in [0, 0.05) is 6.54 Å². The maximum atomic E-state index is 12.1. The Morgan fingerprint density at radius 1 is 1.14 bits per heavy atom. The first-order chi connectivity index (χ1) is 10.6. The second kappa shape index (κ2) is 6.13. The number of fused-ring (bicyclic) bond motifs is 1. The first-order valence-electron chi connectivity index (χ1n) is 7.37. The monoisotopic (exact) mass is 301 g/mol. The molecule has 0 saturated carbocycles. The maximum Gasteiger partial charge on any atom is 0.254 e. The van der Waals surface area contributed by atoms with Crippen molar-refractivity contribution in [3.05, 3.63) is 46.9 Å². The minimum Gasteiger partial charge on any atom is -0.486 e. The van der Waals surface area contributed by atoms with Gasteiger partial charge in [0.2, 0.25) is 0 Å². The molecule has 5 heteroatoms. The van der Waals surface area contributed by atoms with E-state index in [1.54, 1.807) is 13.0 Å². The van der Waals surface area contributed by atoms with E-state index in [2.05, 4.69) is 5.32 Å². The third-order valence-corrected chi connectivity index (χ3v) is 3.59. The molecule has 0 spiro atoms. The van der Waals surface area contributed by atoms with E-state index in [1.807, 2.05) is 25.1 Å². The standard InChI is InChI=1S/C17H19NO4/c1-11-9-14(12(2)22-11)17(19)18-6-5-13-3-4-15-16(10-13)21-8-7-20-15/h3-4,9-10H,5-8H2,1-2H3,(H,18,19). The highest BCUT2D eigenvalue weighted by Crippen LogP contribution is 2.30. The molecule has 1 aromatic carbocycles. The maximum absolute atomic E-state index is 12.1. The number of carbonyl (C=O) groups excluding carboxylic acids is 1. The number of hydrogen-bond donors (Lipinski definition) is 1. The van der Waals surface area contributed by atoms with E-state index in [0.717, 1.165) is 29.2 Å². The predicted molar refractivity (Wildman–Crippen MR) is 81.7 cm³/mol. The van der Waals surface area contributed by atoms with Crippen LogP contribution in [0.25, 0.3) is 0 Å². The van der Waals surface area contributed by atoms with Crippen molar-refractivity contribution in [2.45, 2.75) is 20.3 Å². The highest BCUT2D eigenvalue weighted by molar-refractivity contribution is 5.95. The molecule has 0 unspecified atom stereocenters. The lowest BCUT2D eigenvalue weighted by atomic mass is 10.1. The number of aryl methyl sites for hydroxylation is 2. The van der Waals surface area contributed by atoms with Crippen molar-refractivity contribution in [1.82, 2.24) is 5.32 Å². The number of rotatable bonds is 4. The molecule has 116 valence electrons. The van der Waals surface area contributed by atoms with Crippen LogP contribution in [0, 0.1) is 13.8 Å². The summed E-state index contributed by atoms with van der Waals surface area (Å²) < 4.78 is 16.4. The summed E-state index contributed by atoms with van der Waals surface area (Å²) in [7, 11) is 0. The lowest BCUT2D eigenvalue weighted by Gasteiger charge is -2.18. The van der Waals surface area contributed by atoms with Gasteiger partial charge in [-0.3, -0.25) is 4.79 Å². The highest BCUT2D eigenvalue weighted by atomic mass is 16.6. The summed E-state index contributed by atoms with van der Waals surface area (Å²) in [5.41, 5.74) is 1.70. The average Bonchev–Trinajstić information content (AvgIpc) is 2.86. The number of amides is 1. The normalized spacial score (nSPS) is 13.0. The molecule has 1 aromatic heterocycles. The SMILES string of the molecule is Cc1cc(C(=O)NCCc2ccc3c(c2)OCCO3)c(C)o1.